The fourth-order valence-corrected chi connectivity index (χ4v) is 2.11. The third-order valence-electron chi connectivity index (χ3n) is 3.09. The molecule has 0 heterocycles. The second kappa shape index (κ2) is 8.91. The first kappa shape index (κ1) is 16.0. The third kappa shape index (κ3) is 5.59. The van der Waals surface area contributed by atoms with E-state index in [1.807, 2.05) is 25.1 Å². The Morgan fingerprint density at radius 3 is 2.84 bits per heavy atom. The topological polar surface area (TPSA) is 67.5 Å². The lowest BCUT2D eigenvalue weighted by Crippen LogP contribution is -2.35. The molecule has 4 nitrogen and oxygen atoms in total. The summed E-state index contributed by atoms with van der Waals surface area (Å²) >= 11 is 0. The van der Waals surface area contributed by atoms with Crippen LogP contribution in [0.5, 0.6) is 5.75 Å². The summed E-state index contributed by atoms with van der Waals surface area (Å²) in [7, 11) is 0. The number of rotatable bonds is 9. The van der Waals surface area contributed by atoms with Gasteiger partial charge in [-0.3, -0.25) is 0 Å². The number of aliphatic hydroxyl groups is 1. The number of ether oxygens (including phenoxy) is 1. The Labute approximate surface area is 116 Å². The summed E-state index contributed by atoms with van der Waals surface area (Å²) in [5, 5.41) is 12.3. The molecule has 0 saturated carbocycles. The van der Waals surface area contributed by atoms with Gasteiger partial charge in [-0.05, 0) is 44.4 Å². The zero-order chi connectivity index (χ0) is 14.1. The van der Waals surface area contributed by atoms with Gasteiger partial charge >= 0.3 is 0 Å². The first-order chi connectivity index (χ1) is 9.21. The molecular weight excluding hydrogens is 240 g/mol. The quantitative estimate of drug-likeness (QED) is 0.638. The maximum atomic E-state index is 8.85. The molecule has 19 heavy (non-hydrogen) atoms. The minimum absolute atomic E-state index is 0.120. The van der Waals surface area contributed by atoms with E-state index in [9.17, 15) is 0 Å². The van der Waals surface area contributed by atoms with Crippen LogP contribution >= 0.6 is 0 Å². The van der Waals surface area contributed by atoms with Crippen LogP contribution in [0.2, 0.25) is 0 Å². The first-order valence-corrected chi connectivity index (χ1v) is 7.01. The monoisotopic (exact) mass is 266 g/mol. The molecule has 0 amide bonds. The van der Waals surface area contributed by atoms with Crippen molar-refractivity contribution >= 4 is 0 Å². The van der Waals surface area contributed by atoms with Gasteiger partial charge in [0.25, 0.3) is 0 Å². The minimum atomic E-state index is 0.120. The number of hydrogen-bond donors (Lipinski definition) is 3. The van der Waals surface area contributed by atoms with Crippen LogP contribution in [0.15, 0.2) is 24.3 Å². The summed E-state index contributed by atoms with van der Waals surface area (Å²) in [5.41, 5.74) is 7.00. The summed E-state index contributed by atoms with van der Waals surface area (Å²) < 4.78 is 5.51. The number of nitrogens with one attached hydrogen (secondary N) is 1. The number of aliphatic hydroxyl groups excluding tert-OH is 1. The summed E-state index contributed by atoms with van der Waals surface area (Å²) in [4.78, 5) is 0. The van der Waals surface area contributed by atoms with Gasteiger partial charge in [-0.15, -0.1) is 0 Å². The van der Waals surface area contributed by atoms with Crippen molar-refractivity contribution in [3.05, 3.63) is 29.8 Å². The second-order valence-electron chi connectivity index (χ2n) is 4.73. The largest absolute Gasteiger partial charge is 0.494 e. The van der Waals surface area contributed by atoms with E-state index in [4.69, 9.17) is 15.6 Å². The summed E-state index contributed by atoms with van der Waals surface area (Å²) in [6, 6.07) is 8.49. The van der Waals surface area contributed by atoms with Crippen LogP contribution in [-0.4, -0.2) is 30.9 Å². The SMILES string of the molecule is CCOc1cccc(C(CN)NC(C)CCCO)c1. The predicted molar refractivity (Wildman–Crippen MR) is 78.3 cm³/mol. The first-order valence-electron chi connectivity index (χ1n) is 7.01. The van der Waals surface area contributed by atoms with Crippen LogP contribution in [0.1, 0.15) is 38.3 Å². The molecule has 2 atom stereocenters. The van der Waals surface area contributed by atoms with Crippen LogP contribution in [0.4, 0.5) is 0 Å². The van der Waals surface area contributed by atoms with E-state index in [1.165, 1.54) is 0 Å². The van der Waals surface area contributed by atoms with E-state index >= 15 is 0 Å². The van der Waals surface area contributed by atoms with E-state index in [0.29, 0.717) is 19.2 Å². The van der Waals surface area contributed by atoms with Gasteiger partial charge in [0, 0.05) is 25.2 Å². The molecule has 0 spiro atoms. The van der Waals surface area contributed by atoms with Gasteiger partial charge in [-0.25, -0.2) is 0 Å². The summed E-state index contributed by atoms with van der Waals surface area (Å²) in [6.07, 6.45) is 1.75. The Kier molecular flexibility index (Phi) is 7.48. The Hall–Kier alpha value is -1.10. The van der Waals surface area contributed by atoms with Gasteiger partial charge in [0.2, 0.25) is 0 Å². The Balaban J connectivity index is 2.65. The standard InChI is InChI=1S/C15H26N2O2/c1-3-19-14-8-4-7-13(10-14)15(11-16)17-12(2)6-5-9-18/h4,7-8,10,12,15,17-18H,3,5-6,9,11,16H2,1-2H3. The molecule has 0 fully saturated rings. The van der Waals surface area contributed by atoms with E-state index in [1.54, 1.807) is 0 Å². The van der Waals surface area contributed by atoms with Crippen molar-refractivity contribution in [2.45, 2.75) is 38.8 Å². The van der Waals surface area contributed by atoms with Crippen LogP contribution in [0.3, 0.4) is 0 Å². The molecule has 1 aromatic carbocycles. The molecule has 108 valence electrons. The molecule has 1 rings (SSSR count). The molecule has 0 radical (unpaired) electrons. The van der Waals surface area contributed by atoms with Gasteiger partial charge in [0.05, 0.1) is 6.61 Å². The molecule has 1 aromatic rings. The Morgan fingerprint density at radius 1 is 1.42 bits per heavy atom. The predicted octanol–water partition coefficient (Wildman–Crippen LogP) is 1.84. The van der Waals surface area contributed by atoms with E-state index in [2.05, 4.69) is 18.3 Å². The molecule has 0 saturated heterocycles. The van der Waals surface area contributed by atoms with Gasteiger partial charge in [-0.1, -0.05) is 12.1 Å². The lowest BCUT2D eigenvalue weighted by atomic mass is 10.0. The van der Waals surface area contributed by atoms with Crippen molar-refractivity contribution in [3.8, 4) is 5.75 Å². The number of benzene rings is 1. The second-order valence-corrected chi connectivity index (χ2v) is 4.73. The zero-order valence-corrected chi connectivity index (χ0v) is 11.9. The average molecular weight is 266 g/mol. The molecule has 0 aliphatic heterocycles. The van der Waals surface area contributed by atoms with Crippen LogP contribution in [0.25, 0.3) is 0 Å². The van der Waals surface area contributed by atoms with Gasteiger partial charge < -0.3 is 20.9 Å². The molecule has 2 unspecified atom stereocenters. The zero-order valence-electron chi connectivity index (χ0n) is 11.9. The average Bonchev–Trinajstić information content (AvgIpc) is 2.43. The highest BCUT2D eigenvalue weighted by molar-refractivity contribution is 5.30. The van der Waals surface area contributed by atoms with Gasteiger partial charge in [-0.2, -0.15) is 0 Å². The third-order valence-corrected chi connectivity index (χ3v) is 3.09. The molecule has 0 bridgehead atoms. The highest BCUT2D eigenvalue weighted by Crippen LogP contribution is 2.19. The maximum absolute atomic E-state index is 8.85. The van der Waals surface area contributed by atoms with E-state index < -0.39 is 0 Å². The lowest BCUT2D eigenvalue weighted by molar-refractivity contribution is 0.274. The fraction of sp³-hybridized carbons (Fsp3) is 0.600. The van der Waals surface area contributed by atoms with Crippen LogP contribution < -0.4 is 15.8 Å². The molecular formula is C15H26N2O2. The molecule has 0 aliphatic rings. The van der Waals surface area contributed by atoms with Crippen molar-refractivity contribution in [2.75, 3.05) is 19.8 Å². The molecule has 4 heteroatoms. The van der Waals surface area contributed by atoms with Crippen molar-refractivity contribution in [2.24, 2.45) is 5.73 Å². The molecule has 0 aromatic heterocycles. The normalized spacial score (nSPS) is 14.1. The number of hydrogen-bond acceptors (Lipinski definition) is 4. The van der Waals surface area contributed by atoms with Gasteiger partial charge in [0.1, 0.15) is 5.75 Å². The smallest absolute Gasteiger partial charge is 0.119 e. The summed E-state index contributed by atoms with van der Waals surface area (Å²) in [5.74, 6) is 0.878. The van der Waals surface area contributed by atoms with Gasteiger partial charge in [0.15, 0.2) is 0 Å². The highest BCUT2D eigenvalue weighted by atomic mass is 16.5. The van der Waals surface area contributed by atoms with Crippen LogP contribution in [-0.2, 0) is 0 Å². The van der Waals surface area contributed by atoms with Crippen molar-refractivity contribution in [1.29, 1.82) is 0 Å². The minimum Gasteiger partial charge on any atom is -0.494 e. The highest BCUT2D eigenvalue weighted by Gasteiger charge is 2.13. The summed E-state index contributed by atoms with van der Waals surface area (Å²) in [6.45, 7) is 5.53. The van der Waals surface area contributed by atoms with E-state index in [-0.39, 0.29) is 12.6 Å². The van der Waals surface area contributed by atoms with Crippen molar-refractivity contribution in [1.82, 2.24) is 5.32 Å². The Bertz CT molecular complexity index is 358. The van der Waals surface area contributed by atoms with Crippen molar-refractivity contribution in [3.63, 3.8) is 0 Å². The molecule has 4 N–H and O–H groups in total. The Morgan fingerprint density at radius 2 is 2.21 bits per heavy atom. The lowest BCUT2D eigenvalue weighted by Gasteiger charge is -2.23. The maximum Gasteiger partial charge on any atom is 0.119 e. The number of nitrogens with two attached hydrogens (primary N) is 1. The fourth-order valence-electron chi connectivity index (χ4n) is 2.11. The van der Waals surface area contributed by atoms with Crippen molar-refractivity contribution < 1.29 is 9.84 Å². The van der Waals surface area contributed by atoms with E-state index in [0.717, 1.165) is 24.2 Å². The molecule has 0 aliphatic carbocycles. The van der Waals surface area contributed by atoms with Crippen LogP contribution in [0, 0.1) is 0 Å².